The fraction of sp³-hybridized carbons (Fsp3) is 0.389. The molecular weight excluding hydrogens is 318 g/mol. The van der Waals surface area contributed by atoms with Gasteiger partial charge in [-0.2, -0.15) is 4.98 Å². The van der Waals surface area contributed by atoms with Gasteiger partial charge in [-0.25, -0.2) is 4.79 Å². The van der Waals surface area contributed by atoms with Crippen molar-refractivity contribution in [1.29, 1.82) is 0 Å². The van der Waals surface area contributed by atoms with Gasteiger partial charge < -0.3 is 9.47 Å². The second-order valence-corrected chi connectivity index (χ2v) is 6.75. The lowest BCUT2D eigenvalue weighted by atomic mass is 10.2. The molecule has 0 fully saturated rings. The van der Waals surface area contributed by atoms with Crippen molar-refractivity contribution in [2.75, 3.05) is 11.9 Å². The lowest BCUT2D eigenvalue weighted by molar-refractivity contribution is 0.529. The number of rotatable bonds is 5. The van der Waals surface area contributed by atoms with Gasteiger partial charge in [0, 0.05) is 27.2 Å². The SMILES string of the molecule is CC(C)Cn1c(N(C)Cc2ccccc2)nc2c1c(=O)[nH]c(=O)n2C. The van der Waals surface area contributed by atoms with Gasteiger partial charge >= 0.3 is 5.69 Å². The predicted octanol–water partition coefficient (Wildman–Crippen LogP) is 1.72. The average Bonchev–Trinajstić information content (AvgIpc) is 2.93. The van der Waals surface area contributed by atoms with Crippen LogP contribution in [0.4, 0.5) is 5.95 Å². The largest absolute Gasteiger partial charge is 0.341 e. The van der Waals surface area contributed by atoms with Crippen molar-refractivity contribution in [2.45, 2.75) is 26.9 Å². The fourth-order valence-corrected chi connectivity index (χ4v) is 2.98. The highest BCUT2D eigenvalue weighted by Gasteiger charge is 2.20. The van der Waals surface area contributed by atoms with E-state index in [4.69, 9.17) is 0 Å². The van der Waals surface area contributed by atoms with Crippen molar-refractivity contribution in [2.24, 2.45) is 13.0 Å². The van der Waals surface area contributed by atoms with Crippen LogP contribution in [0.15, 0.2) is 39.9 Å². The first-order valence-corrected chi connectivity index (χ1v) is 8.33. The first kappa shape index (κ1) is 17.0. The fourth-order valence-electron chi connectivity index (χ4n) is 2.98. The number of hydrogen-bond donors (Lipinski definition) is 1. The molecule has 0 unspecified atom stereocenters. The zero-order valence-electron chi connectivity index (χ0n) is 15.0. The van der Waals surface area contributed by atoms with Gasteiger partial charge in [0.25, 0.3) is 5.56 Å². The second kappa shape index (κ2) is 6.58. The maximum Gasteiger partial charge on any atom is 0.329 e. The lowest BCUT2D eigenvalue weighted by Gasteiger charge is -2.20. The van der Waals surface area contributed by atoms with E-state index in [-0.39, 0.29) is 0 Å². The summed E-state index contributed by atoms with van der Waals surface area (Å²) in [6, 6.07) is 10.1. The molecule has 0 bridgehead atoms. The van der Waals surface area contributed by atoms with Crippen molar-refractivity contribution in [3.05, 3.63) is 56.7 Å². The summed E-state index contributed by atoms with van der Waals surface area (Å²) in [5.41, 5.74) is 1.14. The van der Waals surface area contributed by atoms with Crippen molar-refractivity contribution < 1.29 is 0 Å². The molecule has 25 heavy (non-hydrogen) atoms. The van der Waals surface area contributed by atoms with Crippen molar-refractivity contribution in [3.63, 3.8) is 0 Å². The van der Waals surface area contributed by atoms with Crippen LogP contribution in [0.2, 0.25) is 0 Å². The molecule has 3 aromatic rings. The van der Waals surface area contributed by atoms with Gasteiger partial charge in [0.2, 0.25) is 5.95 Å². The van der Waals surface area contributed by atoms with Gasteiger partial charge in [0.05, 0.1) is 0 Å². The van der Waals surface area contributed by atoms with Crippen LogP contribution in [-0.4, -0.2) is 26.1 Å². The summed E-state index contributed by atoms with van der Waals surface area (Å²) in [5, 5.41) is 0. The molecule has 0 aliphatic carbocycles. The molecule has 7 heteroatoms. The van der Waals surface area contributed by atoms with Gasteiger partial charge in [-0.3, -0.25) is 14.3 Å². The number of benzene rings is 1. The van der Waals surface area contributed by atoms with Crippen LogP contribution < -0.4 is 16.1 Å². The van der Waals surface area contributed by atoms with Crippen molar-refractivity contribution in [3.8, 4) is 0 Å². The van der Waals surface area contributed by atoms with Gasteiger partial charge in [0.15, 0.2) is 11.2 Å². The molecule has 1 N–H and O–H groups in total. The van der Waals surface area contributed by atoms with E-state index in [9.17, 15) is 9.59 Å². The van der Waals surface area contributed by atoms with E-state index in [2.05, 4.69) is 35.9 Å². The quantitative estimate of drug-likeness (QED) is 0.767. The number of H-pyrrole nitrogens is 1. The Kier molecular flexibility index (Phi) is 4.48. The van der Waals surface area contributed by atoms with Crippen LogP contribution in [0.3, 0.4) is 0 Å². The standard InChI is InChI=1S/C18H23N5O2/c1-12(2)10-23-14-15(22(4)18(25)20-16(14)24)19-17(23)21(3)11-13-8-6-5-7-9-13/h5-9,12H,10-11H2,1-4H3,(H,20,24,25). The van der Waals surface area contributed by atoms with Gasteiger partial charge in [-0.05, 0) is 11.5 Å². The van der Waals surface area contributed by atoms with Gasteiger partial charge in [0.1, 0.15) is 0 Å². The molecule has 0 radical (unpaired) electrons. The molecule has 2 heterocycles. The number of aromatic nitrogens is 4. The number of hydrogen-bond acceptors (Lipinski definition) is 4. The zero-order valence-corrected chi connectivity index (χ0v) is 15.0. The number of anilines is 1. The smallest absolute Gasteiger partial charge is 0.329 e. The molecule has 0 spiro atoms. The monoisotopic (exact) mass is 341 g/mol. The summed E-state index contributed by atoms with van der Waals surface area (Å²) in [7, 11) is 3.56. The van der Waals surface area contributed by atoms with Gasteiger partial charge in [-0.1, -0.05) is 44.2 Å². The van der Waals surface area contributed by atoms with Crippen molar-refractivity contribution in [1.82, 2.24) is 19.1 Å². The topological polar surface area (TPSA) is 75.9 Å². The molecule has 0 amide bonds. The van der Waals surface area contributed by atoms with E-state index in [0.717, 1.165) is 5.56 Å². The third-order valence-electron chi connectivity index (χ3n) is 4.14. The molecule has 132 valence electrons. The Morgan fingerprint density at radius 3 is 2.52 bits per heavy atom. The Morgan fingerprint density at radius 2 is 1.88 bits per heavy atom. The molecule has 3 rings (SSSR count). The average molecular weight is 341 g/mol. The van der Waals surface area contributed by atoms with Crippen LogP contribution >= 0.6 is 0 Å². The van der Waals surface area contributed by atoms with E-state index in [1.807, 2.05) is 34.7 Å². The molecule has 0 aliphatic rings. The summed E-state index contributed by atoms with van der Waals surface area (Å²) in [6.45, 7) is 5.48. The Balaban J connectivity index is 2.16. The number of fused-ring (bicyclic) bond motifs is 1. The van der Waals surface area contributed by atoms with E-state index in [1.54, 1.807) is 7.05 Å². The Hall–Kier alpha value is -2.83. The summed E-state index contributed by atoms with van der Waals surface area (Å²) < 4.78 is 3.29. The van der Waals surface area contributed by atoms with E-state index in [1.165, 1.54) is 4.57 Å². The summed E-state index contributed by atoms with van der Waals surface area (Å²) in [6.07, 6.45) is 0. The van der Waals surface area contributed by atoms with Gasteiger partial charge in [-0.15, -0.1) is 0 Å². The number of nitrogens with one attached hydrogen (secondary N) is 1. The van der Waals surface area contributed by atoms with Crippen LogP contribution in [0, 0.1) is 5.92 Å². The molecular formula is C18H23N5O2. The van der Waals surface area contributed by atoms with Crippen LogP contribution in [0.1, 0.15) is 19.4 Å². The third kappa shape index (κ3) is 3.22. The minimum absolute atomic E-state index is 0.331. The Bertz CT molecular complexity index is 998. The molecule has 2 aromatic heterocycles. The molecule has 0 saturated heterocycles. The number of aryl methyl sites for hydroxylation is 1. The summed E-state index contributed by atoms with van der Waals surface area (Å²) in [4.78, 5) is 33.3. The Labute approximate surface area is 145 Å². The number of aromatic amines is 1. The van der Waals surface area contributed by atoms with E-state index >= 15 is 0 Å². The first-order valence-electron chi connectivity index (χ1n) is 8.33. The second-order valence-electron chi connectivity index (χ2n) is 6.75. The summed E-state index contributed by atoms with van der Waals surface area (Å²) >= 11 is 0. The maximum atomic E-state index is 12.4. The zero-order chi connectivity index (χ0) is 18.1. The Morgan fingerprint density at radius 1 is 1.20 bits per heavy atom. The maximum absolute atomic E-state index is 12.4. The van der Waals surface area contributed by atoms with E-state index in [0.29, 0.717) is 36.1 Å². The first-order chi connectivity index (χ1) is 11.9. The minimum atomic E-state index is -0.455. The summed E-state index contributed by atoms with van der Waals surface area (Å²) in [5.74, 6) is 1.01. The molecule has 1 aromatic carbocycles. The van der Waals surface area contributed by atoms with Crippen LogP contribution in [0.5, 0.6) is 0 Å². The van der Waals surface area contributed by atoms with Crippen molar-refractivity contribution >= 4 is 17.1 Å². The molecule has 0 saturated carbocycles. The normalized spacial score (nSPS) is 11.4. The van der Waals surface area contributed by atoms with E-state index < -0.39 is 11.2 Å². The highest BCUT2D eigenvalue weighted by Crippen LogP contribution is 2.21. The molecule has 0 aliphatic heterocycles. The number of imidazole rings is 1. The number of nitrogens with zero attached hydrogens (tertiary/aromatic N) is 4. The minimum Gasteiger partial charge on any atom is -0.341 e. The predicted molar refractivity (Wildman–Crippen MR) is 99.0 cm³/mol. The lowest BCUT2D eigenvalue weighted by Crippen LogP contribution is -2.29. The molecule has 7 nitrogen and oxygen atoms in total. The third-order valence-corrected chi connectivity index (χ3v) is 4.14. The highest BCUT2D eigenvalue weighted by molar-refractivity contribution is 5.74. The van der Waals surface area contributed by atoms with Crippen LogP contribution in [0.25, 0.3) is 11.2 Å². The van der Waals surface area contributed by atoms with Crippen LogP contribution in [-0.2, 0) is 20.1 Å². The molecule has 0 atom stereocenters. The highest BCUT2D eigenvalue weighted by atomic mass is 16.2.